The van der Waals surface area contributed by atoms with Crippen LogP contribution in [0.2, 0.25) is 0 Å². The molecular weight excluding hydrogens is 318 g/mol. The molecule has 0 spiro atoms. The number of carbonyl (C=O) groups excluding carboxylic acids is 2. The van der Waals surface area contributed by atoms with E-state index in [0.717, 1.165) is 31.1 Å². The van der Waals surface area contributed by atoms with E-state index >= 15 is 0 Å². The molecule has 0 aliphatic carbocycles. The van der Waals surface area contributed by atoms with Gasteiger partial charge in [-0.05, 0) is 49.1 Å². The zero-order valence-corrected chi connectivity index (χ0v) is 15.1. The minimum Gasteiger partial charge on any atom is -0.419 e. The van der Waals surface area contributed by atoms with Crippen LogP contribution in [0.1, 0.15) is 44.7 Å². The lowest BCUT2D eigenvalue weighted by Gasteiger charge is -2.30. The molecule has 134 valence electrons. The fourth-order valence-corrected chi connectivity index (χ4v) is 3.20. The molecule has 5 heteroatoms. The third-order valence-corrected chi connectivity index (χ3v) is 4.66. The van der Waals surface area contributed by atoms with Crippen molar-refractivity contribution in [3.05, 3.63) is 41.0 Å². The van der Waals surface area contributed by atoms with E-state index < -0.39 is 17.7 Å². The van der Waals surface area contributed by atoms with Crippen LogP contribution in [0.5, 0.6) is 0 Å². The number of nitrogens with zero attached hydrogens (tertiary/aromatic N) is 1. The smallest absolute Gasteiger partial charge is 0.348 e. The van der Waals surface area contributed by atoms with Gasteiger partial charge in [0.25, 0.3) is 5.79 Å². The lowest BCUT2D eigenvalue weighted by Crippen LogP contribution is -2.41. The average Bonchev–Trinajstić information content (AvgIpc) is 2.53. The Kier molecular flexibility index (Phi) is 4.95. The van der Waals surface area contributed by atoms with Crippen LogP contribution in [-0.4, -0.2) is 35.7 Å². The van der Waals surface area contributed by atoms with E-state index in [1.165, 1.54) is 18.4 Å². The molecule has 0 N–H and O–H groups in total. The Bertz CT molecular complexity index is 677. The Morgan fingerprint density at radius 1 is 1.16 bits per heavy atom. The first kappa shape index (κ1) is 17.7. The van der Waals surface area contributed by atoms with Gasteiger partial charge in [0.1, 0.15) is 5.57 Å². The molecule has 2 aliphatic rings. The molecule has 3 rings (SSSR count). The maximum Gasteiger partial charge on any atom is 0.348 e. The molecule has 1 aromatic carbocycles. The fourth-order valence-electron chi connectivity index (χ4n) is 3.20. The lowest BCUT2D eigenvalue weighted by molar-refractivity contribution is -0.222. The third-order valence-electron chi connectivity index (χ3n) is 4.66. The summed E-state index contributed by atoms with van der Waals surface area (Å²) in [7, 11) is 0. The lowest BCUT2D eigenvalue weighted by atomic mass is 9.98. The number of hydrogen-bond donors (Lipinski definition) is 0. The molecule has 0 atom stereocenters. The monoisotopic (exact) mass is 343 g/mol. The highest BCUT2D eigenvalue weighted by Gasteiger charge is 2.38. The second-order valence-corrected chi connectivity index (χ2v) is 7.44. The molecule has 2 aliphatic heterocycles. The van der Waals surface area contributed by atoms with E-state index in [9.17, 15) is 9.59 Å². The number of cyclic esters (lactones) is 2. The van der Waals surface area contributed by atoms with Gasteiger partial charge in [0, 0.05) is 20.4 Å². The van der Waals surface area contributed by atoms with Crippen molar-refractivity contribution >= 4 is 18.0 Å². The van der Waals surface area contributed by atoms with Crippen molar-refractivity contribution in [2.45, 2.75) is 45.9 Å². The van der Waals surface area contributed by atoms with Crippen LogP contribution in [-0.2, 0) is 25.6 Å². The molecule has 0 unspecified atom stereocenters. The number of rotatable bonds is 3. The summed E-state index contributed by atoms with van der Waals surface area (Å²) in [5, 5.41) is 0. The van der Waals surface area contributed by atoms with Crippen molar-refractivity contribution < 1.29 is 19.1 Å². The Hall–Kier alpha value is -2.14. The van der Waals surface area contributed by atoms with Crippen molar-refractivity contribution in [1.29, 1.82) is 0 Å². The van der Waals surface area contributed by atoms with E-state index in [0.29, 0.717) is 0 Å². The minimum atomic E-state index is -1.21. The Morgan fingerprint density at radius 2 is 1.80 bits per heavy atom. The summed E-state index contributed by atoms with van der Waals surface area (Å²) in [6.45, 7) is 8.49. The largest absolute Gasteiger partial charge is 0.419 e. The normalized spacial score (nSPS) is 21.6. The van der Waals surface area contributed by atoms with Gasteiger partial charge < -0.3 is 9.47 Å². The topological polar surface area (TPSA) is 55.8 Å². The molecule has 25 heavy (non-hydrogen) atoms. The number of esters is 2. The third kappa shape index (κ3) is 4.48. The van der Waals surface area contributed by atoms with Gasteiger partial charge in [0.2, 0.25) is 0 Å². The molecule has 1 aromatic rings. The number of likely N-dealkylation sites (tertiary alicyclic amines) is 1. The number of carbonyl (C=O) groups is 2. The van der Waals surface area contributed by atoms with E-state index in [2.05, 4.69) is 17.9 Å². The van der Waals surface area contributed by atoms with Gasteiger partial charge in [-0.2, -0.15) is 0 Å². The highest BCUT2D eigenvalue weighted by atomic mass is 16.7. The number of benzene rings is 1. The van der Waals surface area contributed by atoms with Crippen molar-refractivity contribution in [2.24, 2.45) is 5.92 Å². The maximum atomic E-state index is 12.1. The quantitative estimate of drug-likeness (QED) is 0.479. The minimum absolute atomic E-state index is 0.0664. The Morgan fingerprint density at radius 3 is 2.44 bits per heavy atom. The molecule has 0 saturated carbocycles. The summed E-state index contributed by atoms with van der Waals surface area (Å²) in [5.74, 6) is -1.69. The number of piperidine rings is 1. The van der Waals surface area contributed by atoms with E-state index in [1.54, 1.807) is 19.9 Å². The molecule has 2 fully saturated rings. The van der Waals surface area contributed by atoms with Crippen LogP contribution in [0.25, 0.3) is 6.08 Å². The summed E-state index contributed by atoms with van der Waals surface area (Å²) in [6, 6.07) is 7.89. The highest BCUT2D eigenvalue weighted by Crippen LogP contribution is 2.25. The summed E-state index contributed by atoms with van der Waals surface area (Å²) < 4.78 is 10.3. The molecule has 5 nitrogen and oxygen atoms in total. The van der Waals surface area contributed by atoms with Crippen molar-refractivity contribution in [2.75, 3.05) is 13.1 Å². The summed E-state index contributed by atoms with van der Waals surface area (Å²) >= 11 is 0. The van der Waals surface area contributed by atoms with Gasteiger partial charge in [-0.1, -0.05) is 31.2 Å². The van der Waals surface area contributed by atoms with Crippen LogP contribution in [0.4, 0.5) is 0 Å². The zero-order chi connectivity index (χ0) is 18.0. The van der Waals surface area contributed by atoms with Gasteiger partial charge in [-0.15, -0.1) is 0 Å². The average molecular weight is 343 g/mol. The fraction of sp³-hybridized carbons (Fsp3) is 0.500. The first-order valence-corrected chi connectivity index (χ1v) is 8.82. The van der Waals surface area contributed by atoms with Gasteiger partial charge in [-0.3, -0.25) is 4.90 Å². The first-order valence-electron chi connectivity index (χ1n) is 8.82. The van der Waals surface area contributed by atoms with Crippen LogP contribution < -0.4 is 0 Å². The van der Waals surface area contributed by atoms with Crippen molar-refractivity contribution in [1.82, 2.24) is 4.90 Å². The Labute approximate surface area is 148 Å². The second-order valence-electron chi connectivity index (χ2n) is 7.44. The molecule has 0 radical (unpaired) electrons. The van der Waals surface area contributed by atoms with Crippen molar-refractivity contribution in [3.8, 4) is 0 Å². The number of ether oxygens (including phenoxy) is 2. The number of hydrogen-bond acceptors (Lipinski definition) is 5. The standard InChI is InChI=1S/C20H25NO4/c1-14-7-9-21(10-8-14)13-16-6-4-5-15(11-16)12-17-18(22)24-20(2,3)25-19(17)23/h4-6,11-12,14H,7-10,13H2,1-3H3. The van der Waals surface area contributed by atoms with E-state index in [4.69, 9.17) is 9.47 Å². The predicted molar refractivity (Wildman–Crippen MR) is 94.4 cm³/mol. The molecule has 0 aromatic heterocycles. The summed E-state index contributed by atoms with van der Waals surface area (Å²) in [6.07, 6.45) is 4.01. The summed E-state index contributed by atoms with van der Waals surface area (Å²) in [4.78, 5) is 26.6. The second kappa shape index (κ2) is 7.00. The SMILES string of the molecule is CC1CCN(Cc2cccc(C=C3C(=O)OC(C)(C)OC3=O)c2)CC1. The van der Waals surface area contributed by atoms with Crippen LogP contribution in [0, 0.1) is 5.92 Å². The molecule has 2 heterocycles. The van der Waals surface area contributed by atoms with Crippen molar-refractivity contribution in [3.63, 3.8) is 0 Å². The molecule has 2 saturated heterocycles. The van der Waals surface area contributed by atoms with E-state index in [1.807, 2.05) is 18.2 Å². The van der Waals surface area contributed by atoms with Gasteiger partial charge in [-0.25, -0.2) is 9.59 Å². The van der Waals surface area contributed by atoms with Crippen LogP contribution >= 0.6 is 0 Å². The van der Waals surface area contributed by atoms with Crippen LogP contribution in [0.15, 0.2) is 29.8 Å². The van der Waals surface area contributed by atoms with Gasteiger partial charge in [0.15, 0.2) is 0 Å². The van der Waals surface area contributed by atoms with Gasteiger partial charge >= 0.3 is 11.9 Å². The maximum absolute atomic E-state index is 12.1. The van der Waals surface area contributed by atoms with Gasteiger partial charge in [0.05, 0.1) is 0 Å². The Balaban J connectivity index is 1.73. The zero-order valence-electron chi connectivity index (χ0n) is 15.1. The van der Waals surface area contributed by atoms with E-state index in [-0.39, 0.29) is 5.57 Å². The molecule has 0 amide bonds. The highest BCUT2D eigenvalue weighted by molar-refractivity contribution is 6.18. The predicted octanol–water partition coefficient (Wildman–Crippen LogP) is 3.14. The van der Waals surface area contributed by atoms with Crippen LogP contribution in [0.3, 0.4) is 0 Å². The molecule has 0 bridgehead atoms. The molecular formula is C20H25NO4. The summed E-state index contributed by atoms with van der Waals surface area (Å²) in [5.41, 5.74) is 1.90. The first-order chi connectivity index (χ1) is 11.8.